The molecule has 2 aliphatic carbocycles. The summed E-state index contributed by atoms with van der Waals surface area (Å²) in [5, 5.41) is 17.0. The van der Waals surface area contributed by atoms with Crippen LogP contribution < -0.4 is 5.32 Å². The molecule has 9 heteroatoms. The molecular weight excluding hydrogens is 394 g/mol. The van der Waals surface area contributed by atoms with E-state index in [1.54, 1.807) is 13.8 Å². The Labute approximate surface area is 168 Å². The van der Waals surface area contributed by atoms with Crippen LogP contribution in [0.15, 0.2) is 33.7 Å². The van der Waals surface area contributed by atoms with Crippen molar-refractivity contribution in [3.63, 3.8) is 0 Å². The van der Waals surface area contributed by atoms with Crippen LogP contribution in [0.2, 0.25) is 0 Å². The lowest BCUT2D eigenvalue weighted by Crippen LogP contribution is -2.43. The van der Waals surface area contributed by atoms with Gasteiger partial charge in [-0.25, -0.2) is 8.42 Å². The quantitative estimate of drug-likeness (QED) is 0.786. The second-order valence-corrected chi connectivity index (χ2v) is 10.3. The average molecular weight is 417 g/mol. The number of nitrogens with zero attached hydrogens (tertiary/aromatic N) is 2. The molecule has 29 heavy (non-hydrogen) atoms. The third kappa shape index (κ3) is 2.75. The zero-order valence-corrected chi connectivity index (χ0v) is 17.0. The topological polar surface area (TPSA) is 113 Å². The Kier molecular flexibility index (Phi) is 4.13. The van der Waals surface area contributed by atoms with E-state index in [1.165, 1.54) is 28.6 Å². The Morgan fingerprint density at radius 2 is 1.93 bits per heavy atom. The van der Waals surface area contributed by atoms with Crippen LogP contribution >= 0.6 is 0 Å². The maximum Gasteiger partial charge on any atom is 0.255 e. The zero-order valence-electron chi connectivity index (χ0n) is 16.2. The minimum Gasteiger partial charge on any atom is -0.391 e. The van der Waals surface area contributed by atoms with Gasteiger partial charge in [-0.1, -0.05) is 5.16 Å². The van der Waals surface area contributed by atoms with Gasteiger partial charge in [-0.15, -0.1) is 0 Å². The molecule has 1 amide bonds. The molecular formula is C20H23N3O5S. The van der Waals surface area contributed by atoms with Crippen LogP contribution in [0.4, 0.5) is 5.69 Å². The number of carbonyl (C=O) groups is 1. The maximum atomic E-state index is 13.2. The van der Waals surface area contributed by atoms with E-state index in [-0.39, 0.29) is 28.7 Å². The van der Waals surface area contributed by atoms with Crippen LogP contribution in [0.3, 0.4) is 0 Å². The van der Waals surface area contributed by atoms with Crippen molar-refractivity contribution in [2.45, 2.75) is 43.7 Å². The number of aryl methyl sites for hydroxylation is 2. The van der Waals surface area contributed by atoms with Crippen LogP contribution in [-0.4, -0.2) is 47.6 Å². The van der Waals surface area contributed by atoms with Crippen molar-refractivity contribution >= 4 is 21.6 Å². The fourth-order valence-electron chi connectivity index (χ4n) is 5.40. The fourth-order valence-corrected chi connectivity index (χ4v) is 7.14. The lowest BCUT2D eigenvalue weighted by Gasteiger charge is -2.28. The van der Waals surface area contributed by atoms with Crippen molar-refractivity contribution in [2.24, 2.45) is 17.8 Å². The highest BCUT2D eigenvalue weighted by molar-refractivity contribution is 7.89. The van der Waals surface area contributed by atoms with Crippen molar-refractivity contribution in [1.82, 2.24) is 9.46 Å². The molecule has 1 aromatic heterocycles. The first-order chi connectivity index (χ1) is 13.8. The summed E-state index contributed by atoms with van der Waals surface area (Å²) in [7, 11) is -3.72. The molecule has 5 rings (SSSR count). The molecule has 1 aliphatic heterocycles. The van der Waals surface area contributed by atoms with E-state index in [9.17, 15) is 18.3 Å². The van der Waals surface area contributed by atoms with Gasteiger partial charge in [-0.3, -0.25) is 4.79 Å². The highest BCUT2D eigenvalue weighted by atomic mass is 32.2. The summed E-state index contributed by atoms with van der Waals surface area (Å²) in [5.41, 5.74) is 1.43. The van der Waals surface area contributed by atoms with Gasteiger partial charge in [-0.05, 0) is 68.7 Å². The number of aliphatic hydroxyl groups excluding tert-OH is 1. The fraction of sp³-hybridized carbons (Fsp3) is 0.500. The third-order valence-corrected chi connectivity index (χ3v) is 8.68. The summed E-state index contributed by atoms with van der Waals surface area (Å²) >= 11 is 0. The van der Waals surface area contributed by atoms with Crippen molar-refractivity contribution < 1.29 is 22.8 Å². The van der Waals surface area contributed by atoms with Crippen molar-refractivity contribution in [2.75, 3.05) is 11.9 Å². The number of hydrogen-bond donors (Lipinski definition) is 2. The molecule has 3 fully saturated rings. The standard InChI is InChI=1S/C20H23N3O5S/c1-10-17(11(2)28-22-10)21-20(25)12-3-5-15(6-4-12)29(26,27)23-9-14-7-13-8-16(14)18(23)19(13)24/h3-6,13-14,16,18-19,24H,7-9H2,1-2H3,(H,21,25)/t13-,14-,16+,18-,19+/m0/s1. The highest BCUT2D eigenvalue weighted by Crippen LogP contribution is 2.56. The van der Waals surface area contributed by atoms with E-state index in [0.29, 0.717) is 35.2 Å². The predicted octanol–water partition coefficient (Wildman–Crippen LogP) is 1.93. The van der Waals surface area contributed by atoms with Gasteiger partial charge >= 0.3 is 0 Å². The van der Waals surface area contributed by atoms with Gasteiger partial charge in [0.15, 0.2) is 5.76 Å². The number of carbonyl (C=O) groups excluding carboxylic acids is 1. The van der Waals surface area contributed by atoms with Crippen LogP contribution in [0, 0.1) is 31.6 Å². The summed E-state index contributed by atoms with van der Waals surface area (Å²) in [6.07, 6.45) is 1.26. The average Bonchev–Trinajstić information content (AvgIpc) is 3.40. The van der Waals surface area contributed by atoms with E-state index in [4.69, 9.17) is 4.52 Å². The molecule has 154 valence electrons. The number of aromatic nitrogens is 1. The second-order valence-electron chi connectivity index (χ2n) is 8.39. The molecule has 5 atom stereocenters. The van der Waals surface area contributed by atoms with E-state index < -0.39 is 16.1 Å². The summed E-state index contributed by atoms with van der Waals surface area (Å²) in [5.74, 6) is 0.988. The first kappa shape index (κ1) is 18.8. The molecule has 2 heterocycles. The van der Waals surface area contributed by atoms with Gasteiger partial charge in [0.25, 0.3) is 5.91 Å². The molecule has 3 aliphatic rings. The van der Waals surface area contributed by atoms with Crippen LogP contribution in [-0.2, 0) is 10.0 Å². The number of rotatable bonds is 4. The number of amides is 1. The van der Waals surface area contributed by atoms with Gasteiger partial charge in [0.1, 0.15) is 11.4 Å². The minimum atomic E-state index is -3.72. The lowest BCUT2D eigenvalue weighted by atomic mass is 9.88. The third-order valence-electron chi connectivity index (χ3n) is 6.80. The van der Waals surface area contributed by atoms with Gasteiger partial charge in [0.05, 0.1) is 17.0 Å². The molecule has 1 saturated heterocycles. The largest absolute Gasteiger partial charge is 0.391 e. The number of fused-ring (bicyclic) bond motifs is 1. The molecule has 0 radical (unpaired) electrons. The summed E-state index contributed by atoms with van der Waals surface area (Å²) < 4.78 is 32.9. The monoisotopic (exact) mass is 417 g/mol. The molecule has 2 bridgehead atoms. The molecule has 8 nitrogen and oxygen atoms in total. The van der Waals surface area contributed by atoms with Gasteiger partial charge in [0, 0.05) is 12.1 Å². The van der Waals surface area contributed by atoms with Crippen LogP contribution in [0.25, 0.3) is 0 Å². The van der Waals surface area contributed by atoms with Crippen molar-refractivity contribution in [3.05, 3.63) is 41.3 Å². The van der Waals surface area contributed by atoms with Gasteiger partial charge in [0.2, 0.25) is 10.0 Å². The number of anilines is 1. The number of sulfonamides is 1. The Hall–Kier alpha value is -2.23. The molecule has 0 spiro atoms. The minimum absolute atomic E-state index is 0.142. The maximum absolute atomic E-state index is 13.2. The molecule has 1 aromatic carbocycles. The normalized spacial score (nSPS) is 30.8. The Balaban J connectivity index is 1.37. The SMILES string of the molecule is Cc1noc(C)c1NC(=O)c1ccc(S(=O)(=O)N2C[C@@H]3C[C@H]4C[C@H]3[C@H]2[C@@H]4O)cc1. The Morgan fingerprint density at radius 3 is 2.55 bits per heavy atom. The summed E-state index contributed by atoms with van der Waals surface area (Å²) in [6.45, 7) is 3.91. The smallest absolute Gasteiger partial charge is 0.255 e. The summed E-state index contributed by atoms with van der Waals surface area (Å²) in [6, 6.07) is 5.59. The second kappa shape index (κ2) is 6.38. The van der Waals surface area contributed by atoms with Crippen LogP contribution in [0.5, 0.6) is 0 Å². The van der Waals surface area contributed by atoms with Crippen molar-refractivity contribution in [1.29, 1.82) is 0 Å². The molecule has 0 unspecified atom stereocenters. The van der Waals surface area contributed by atoms with Gasteiger partial charge in [-0.2, -0.15) is 4.31 Å². The van der Waals surface area contributed by atoms with E-state index >= 15 is 0 Å². The number of benzene rings is 1. The molecule has 2 N–H and O–H groups in total. The van der Waals surface area contributed by atoms with Gasteiger partial charge < -0.3 is 14.9 Å². The summed E-state index contributed by atoms with van der Waals surface area (Å²) in [4.78, 5) is 12.6. The zero-order chi connectivity index (χ0) is 20.5. The van der Waals surface area contributed by atoms with Crippen molar-refractivity contribution in [3.8, 4) is 0 Å². The first-order valence-corrected chi connectivity index (χ1v) is 11.3. The Bertz CT molecular complexity index is 1060. The first-order valence-electron chi connectivity index (χ1n) is 9.81. The van der Waals surface area contributed by atoms with Crippen LogP contribution in [0.1, 0.15) is 34.7 Å². The molecule has 2 aromatic rings. The number of nitrogens with one attached hydrogen (secondary N) is 1. The van der Waals surface area contributed by atoms with E-state index in [2.05, 4.69) is 10.5 Å². The number of hydrogen-bond acceptors (Lipinski definition) is 6. The lowest BCUT2D eigenvalue weighted by molar-refractivity contribution is 0.0731. The molecule has 2 saturated carbocycles. The predicted molar refractivity (Wildman–Crippen MR) is 104 cm³/mol. The van der Waals surface area contributed by atoms with E-state index in [1.807, 2.05) is 0 Å². The number of aliphatic hydroxyl groups is 1. The Morgan fingerprint density at radius 1 is 1.21 bits per heavy atom. The highest BCUT2D eigenvalue weighted by Gasteiger charge is 2.61. The van der Waals surface area contributed by atoms with E-state index in [0.717, 1.165) is 12.8 Å².